The summed E-state index contributed by atoms with van der Waals surface area (Å²) < 4.78 is 0. The topological polar surface area (TPSA) is 49.6 Å². The summed E-state index contributed by atoms with van der Waals surface area (Å²) in [6.45, 7) is 4.00. The second kappa shape index (κ2) is 5.63. The van der Waals surface area contributed by atoms with Crippen LogP contribution in [0.1, 0.15) is 19.5 Å². The molecule has 1 rings (SSSR count). The Balaban J connectivity index is 0.000000461. The maximum atomic E-state index is 8.26. The summed E-state index contributed by atoms with van der Waals surface area (Å²) in [4.78, 5) is 7.18. The lowest BCUT2D eigenvalue weighted by molar-refractivity contribution is 1.14. The van der Waals surface area contributed by atoms with Gasteiger partial charge in [0, 0.05) is 6.20 Å². The first-order valence-electron chi connectivity index (χ1n) is 3.21. The van der Waals surface area contributed by atoms with E-state index in [0.717, 1.165) is 0 Å². The van der Waals surface area contributed by atoms with E-state index in [4.69, 9.17) is 16.9 Å². The van der Waals surface area contributed by atoms with Crippen molar-refractivity contribution in [3.8, 4) is 6.07 Å². The predicted molar refractivity (Wildman–Crippen MR) is 43.1 cm³/mol. The number of rotatable bonds is 0. The Morgan fingerprint density at radius 2 is 2.18 bits per heavy atom. The lowest BCUT2D eigenvalue weighted by atomic mass is 10.5. The first-order valence-corrected chi connectivity index (χ1v) is 3.59. The maximum absolute atomic E-state index is 8.26. The van der Waals surface area contributed by atoms with Gasteiger partial charge in [0.15, 0.2) is 0 Å². The molecular weight excluding hydrogens is 162 g/mol. The molecule has 0 aromatic carbocycles. The van der Waals surface area contributed by atoms with Crippen molar-refractivity contribution < 1.29 is 0 Å². The van der Waals surface area contributed by atoms with E-state index in [0.29, 0.717) is 0 Å². The van der Waals surface area contributed by atoms with Gasteiger partial charge in [0.05, 0.1) is 0 Å². The zero-order valence-electron chi connectivity index (χ0n) is 6.37. The lowest BCUT2D eigenvalue weighted by Gasteiger charge is -1.85. The van der Waals surface area contributed by atoms with Crippen LogP contribution in [0.25, 0.3) is 0 Å². The third-order valence-electron chi connectivity index (χ3n) is 0.741. The molecule has 0 bridgehead atoms. The second-order valence-electron chi connectivity index (χ2n) is 1.32. The minimum atomic E-state index is 0.106. The second-order valence-corrected chi connectivity index (χ2v) is 1.66. The van der Waals surface area contributed by atoms with Gasteiger partial charge in [0.1, 0.15) is 11.8 Å². The molecule has 0 aliphatic heterocycles. The van der Waals surface area contributed by atoms with Gasteiger partial charge in [0.2, 0.25) is 5.28 Å². The van der Waals surface area contributed by atoms with Crippen molar-refractivity contribution in [1.82, 2.24) is 9.97 Å². The summed E-state index contributed by atoms with van der Waals surface area (Å²) in [5, 5.41) is 8.37. The summed E-state index contributed by atoms with van der Waals surface area (Å²) in [7, 11) is 0. The molecule has 0 saturated heterocycles. The molecule has 0 aliphatic carbocycles. The smallest absolute Gasteiger partial charge is 0.223 e. The molecule has 11 heavy (non-hydrogen) atoms. The number of nitrogens with zero attached hydrogens (tertiary/aromatic N) is 3. The molecule has 1 aromatic heterocycles. The minimum Gasteiger partial charge on any atom is -0.226 e. The quantitative estimate of drug-likeness (QED) is 0.559. The van der Waals surface area contributed by atoms with Crippen molar-refractivity contribution in [3.63, 3.8) is 0 Å². The van der Waals surface area contributed by atoms with Crippen LogP contribution in [0.4, 0.5) is 0 Å². The van der Waals surface area contributed by atoms with Gasteiger partial charge >= 0.3 is 0 Å². The number of hydrogen-bond acceptors (Lipinski definition) is 3. The summed E-state index contributed by atoms with van der Waals surface area (Å²) in [6, 6.07) is 3.32. The summed E-state index contributed by atoms with van der Waals surface area (Å²) in [6.07, 6.45) is 1.44. The largest absolute Gasteiger partial charge is 0.226 e. The van der Waals surface area contributed by atoms with Gasteiger partial charge in [-0.05, 0) is 17.7 Å². The van der Waals surface area contributed by atoms with Crippen molar-refractivity contribution in [2.75, 3.05) is 0 Å². The van der Waals surface area contributed by atoms with Crippen molar-refractivity contribution in [1.29, 1.82) is 5.26 Å². The highest BCUT2D eigenvalue weighted by Crippen LogP contribution is 1.98. The van der Waals surface area contributed by atoms with Crippen LogP contribution in [0.3, 0.4) is 0 Å². The van der Waals surface area contributed by atoms with Crippen molar-refractivity contribution in [2.45, 2.75) is 13.8 Å². The van der Waals surface area contributed by atoms with Crippen LogP contribution in [0, 0.1) is 11.3 Å². The first kappa shape index (κ1) is 9.86. The van der Waals surface area contributed by atoms with E-state index >= 15 is 0 Å². The van der Waals surface area contributed by atoms with Gasteiger partial charge in [0.25, 0.3) is 0 Å². The zero-order chi connectivity index (χ0) is 8.69. The van der Waals surface area contributed by atoms with E-state index in [2.05, 4.69) is 9.97 Å². The third-order valence-corrected chi connectivity index (χ3v) is 0.923. The number of aromatic nitrogens is 2. The van der Waals surface area contributed by atoms with Crippen molar-refractivity contribution in [3.05, 3.63) is 23.2 Å². The highest BCUT2D eigenvalue weighted by Gasteiger charge is 1.90. The molecule has 0 N–H and O–H groups in total. The number of hydrogen-bond donors (Lipinski definition) is 0. The van der Waals surface area contributed by atoms with Crippen LogP contribution in [0.2, 0.25) is 5.28 Å². The zero-order valence-corrected chi connectivity index (χ0v) is 7.13. The number of nitriles is 1. The first-order chi connectivity index (χ1) is 5.33. The van der Waals surface area contributed by atoms with Gasteiger partial charge in [-0.1, -0.05) is 13.8 Å². The van der Waals surface area contributed by atoms with E-state index in [1.54, 1.807) is 0 Å². The van der Waals surface area contributed by atoms with Gasteiger partial charge in [-0.25, -0.2) is 9.97 Å². The molecule has 4 heteroatoms. The van der Waals surface area contributed by atoms with E-state index in [-0.39, 0.29) is 11.0 Å². The van der Waals surface area contributed by atoms with E-state index < -0.39 is 0 Å². The Morgan fingerprint density at radius 1 is 1.55 bits per heavy atom. The molecule has 58 valence electrons. The maximum Gasteiger partial charge on any atom is 0.223 e. The van der Waals surface area contributed by atoms with Crippen LogP contribution in [-0.2, 0) is 0 Å². The highest BCUT2D eigenvalue weighted by molar-refractivity contribution is 6.28. The molecule has 1 aromatic rings. The molecule has 0 fully saturated rings. The van der Waals surface area contributed by atoms with Crippen molar-refractivity contribution >= 4 is 11.6 Å². The van der Waals surface area contributed by atoms with Crippen LogP contribution in [0.15, 0.2) is 12.3 Å². The summed E-state index contributed by atoms with van der Waals surface area (Å²) in [5.74, 6) is 0. The lowest BCUT2D eigenvalue weighted by Crippen LogP contribution is -1.83. The molecule has 0 spiro atoms. The third kappa shape index (κ3) is 3.54. The van der Waals surface area contributed by atoms with Crippen LogP contribution >= 0.6 is 11.6 Å². The summed E-state index contributed by atoms with van der Waals surface area (Å²) >= 11 is 5.35. The fraction of sp³-hybridized carbons (Fsp3) is 0.286. The Labute approximate surface area is 70.7 Å². The van der Waals surface area contributed by atoms with E-state index in [1.165, 1.54) is 12.3 Å². The standard InChI is InChI=1S/C5H2ClN3.C2H6/c6-5-8-2-1-4(3-7)9-5;1-2/h1-2H;1-2H3. The fourth-order valence-electron chi connectivity index (χ4n) is 0.397. The van der Waals surface area contributed by atoms with Gasteiger partial charge < -0.3 is 0 Å². The Hall–Kier alpha value is -1.14. The SMILES string of the molecule is CC.N#Cc1ccnc(Cl)n1. The van der Waals surface area contributed by atoms with Crippen LogP contribution in [0.5, 0.6) is 0 Å². The minimum absolute atomic E-state index is 0.106. The van der Waals surface area contributed by atoms with Crippen LogP contribution < -0.4 is 0 Å². The van der Waals surface area contributed by atoms with Crippen LogP contribution in [-0.4, -0.2) is 9.97 Å². The molecule has 0 aliphatic rings. The Morgan fingerprint density at radius 3 is 2.55 bits per heavy atom. The molecule has 1 heterocycles. The molecular formula is C7H8ClN3. The predicted octanol–water partition coefficient (Wildman–Crippen LogP) is 2.03. The van der Waals surface area contributed by atoms with Gasteiger partial charge in [-0.15, -0.1) is 0 Å². The summed E-state index contributed by atoms with van der Waals surface area (Å²) in [5.41, 5.74) is 0.287. The van der Waals surface area contributed by atoms with E-state index in [9.17, 15) is 0 Å². The molecule has 3 nitrogen and oxygen atoms in total. The average molecular weight is 170 g/mol. The molecule has 0 saturated carbocycles. The van der Waals surface area contributed by atoms with Gasteiger partial charge in [-0.2, -0.15) is 5.26 Å². The normalized spacial score (nSPS) is 7.45. The average Bonchev–Trinajstić information content (AvgIpc) is 2.08. The monoisotopic (exact) mass is 169 g/mol. The Kier molecular flexibility index (Phi) is 5.05. The van der Waals surface area contributed by atoms with Crippen molar-refractivity contribution in [2.24, 2.45) is 0 Å². The molecule has 0 atom stereocenters. The molecule has 0 unspecified atom stereocenters. The Bertz CT molecular complexity index is 254. The fourth-order valence-corrected chi connectivity index (χ4v) is 0.545. The van der Waals surface area contributed by atoms with Gasteiger partial charge in [-0.3, -0.25) is 0 Å². The molecule has 0 radical (unpaired) electrons. The highest BCUT2D eigenvalue weighted by atomic mass is 35.5. The molecule has 0 amide bonds. The van der Waals surface area contributed by atoms with E-state index in [1.807, 2.05) is 19.9 Å². The number of halogens is 1.